The van der Waals surface area contributed by atoms with E-state index in [0.29, 0.717) is 36.6 Å². The quantitative estimate of drug-likeness (QED) is 0.732. The van der Waals surface area contributed by atoms with Gasteiger partial charge in [0, 0.05) is 13.6 Å². The van der Waals surface area contributed by atoms with E-state index in [1.54, 1.807) is 20.9 Å². The minimum absolute atomic E-state index is 0.181. The number of hydrogen-bond acceptors (Lipinski definition) is 5. The Morgan fingerprint density at radius 1 is 1.37 bits per heavy atom. The molecular formula is C13H20N2O4. The van der Waals surface area contributed by atoms with Crippen LogP contribution in [0.5, 0.6) is 0 Å². The lowest BCUT2D eigenvalue weighted by Crippen LogP contribution is -2.30. The number of aryl methyl sites for hydroxylation is 2. The van der Waals surface area contributed by atoms with Crippen molar-refractivity contribution in [2.45, 2.75) is 33.6 Å². The van der Waals surface area contributed by atoms with Crippen molar-refractivity contribution in [1.82, 2.24) is 10.1 Å². The number of ether oxygens (including phenoxy) is 1. The molecule has 1 rings (SSSR count). The number of rotatable bonds is 6. The second kappa shape index (κ2) is 6.92. The van der Waals surface area contributed by atoms with E-state index < -0.39 is 0 Å². The van der Waals surface area contributed by atoms with Gasteiger partial charge in [-0.05, 0) is 20.3 Å². The summed E-state index contributed by atoms with van der Waals surface area (Å²) in [6.07, 6.45) is 0.812. The lowest BCUT2D eigenvalue weighted by molar-refractivity contribution is -0.143. The predicted molar refractivity (Wildman–Crippen MR) is 68.8 cm³/mol. The molecular weight excluding hydrogens is 248 g/mol. The lowest BCUT2D eigenvalue weighted by atomic mass is 10.1. The van der Waals surface area contributed by atoms with Crippen molar-refractivity contribution in [3.8, 4) is 0 Å². The van der Waals surface area contributed by atoms with Gasteiger partial charge in [-0.25, -0.2) is 0 Å². The van der Waals surface area contributed by atoms with Crippen molar-refractivity contribution in [2.75, 3.05) is 20.2 Å². The average Bonchev–Trinajstić information content (AvgIpc) is 2.76. The van der Waals surface area contributed by atoms with Gasteiger partial charge in [0.15, 0.2) is 0 Å². The third-order valence-electron chi connectivity index (χ3n) is 2.79. The molecule has 1 aromatic rings. The normalized spacial score (nSPS) is 10.3. The molecule has 0 radical (unpaired) electrons. The van der Waals surface area contributed by atoms with Crippen molar-refractivity contribution < 1.29 is 18.8 Å². The SMILES string of the molecule is CCOC(=O)CCN(C)C(=O)c1c(CC)noc1C. The Hall–Kier alpha value is -1.85. The first kappa shape index (κ1) is 15.2. The summed E-state index contributed by atoms with van der Waals surface area (Å²) in [5, 5.41) is 3.85. The largest absolute Gasteiger partial charge is 0.466 e. The number of carbonyl (C=O) groups excluding carboxylic acids is 2. The second-order valence-electron chi connectivity index (χ2n) is 4.20. The minimum Gasteiger partial charge on any atom is -0.466 e. The first-order valence-electron chi connectivity index (χ1n) is 6.37. The maximum atomic E-state index is 12.3. The van der Waals surface area contributed by atoms with Gasteiger partial charge >= 0.3 is 5.97 Å². The number of nitrogens with zero attached hydrogens (tertiary/aromatic N) is 2. The van der Waals surface area contributed by atoms with Gasteiger partial charge in [0.05, 0.1) is 18.7 Å². The number of carbonyl (C=O) groups is 2. The molecule has 0 atom stereocenters. The Bertz CT molecular complexity index is 453. The van der Waals surface area contributed by atoms with E-state index in [1.807, 2.05) is 6.92 Å². The van der Waals surface area contributed by atoms with Crippen LogP contribution in [0.2, 0.25) is 0 Å². The molecule has 0 aliphatic carbocycles. The van der Waals surface area contributed by atoms with Crippen LogP contribution in [-0.2, 0) is 16.0 Å². The fourth-order valence-corrected chi connectivity index (χ4v) is 1.72. The summed E-state index contributed by atoms with van der Waals surface area (Å²) in [5.41, 5.74) is 1.14. The number of hydrogen-bond donors (Lipinski definition) is 0. The maximum absolute atomic E-state index is 12.3. The fourth-order valence-electron chi connectivity index (χ4n) is 1.72. The van der Waals surface area contributed by atoms with Crippen molar-refractivity contribution in [3.63, 3.8) is 0 Å². The molecule has 1 heterocycles. The Balaban J connectivity index is 2.66. The molecule has 0 saturated carbocycles. The van der Waals surface area contributed by atoms with E-state index in [0.717, 1.165) is 0 Å². The van der Waals surface area contributed by atoms with Gasteiger partial charge in [-0.3, -0.25) is 9.59 Å². The van der Waals surface area contributed by atoms with Crippen molar-refractivity contribution in [1.29, 1.82) is 0 Å². The van der Waals surface area contributed by atoms with E-state index in [9.17, 15) is 9.59 Å². The third-order valence-corrected chi connectivity index (χ3v) is 2.79. The first-order chi connectivity index (χ1) is 9.01. The molecule has 19 heavy (non-hydrogen) atoms. The van der Waals surface area contributed by atoms with Gasteiger partial charge in [-0.2, -0.15) is 0 Å². The highest BCUT2D eigenvalue weighted by Gasteiger charge is 2.22. The predicted octanol–water partition coefficient (Wildman–Crippen LogP) is 1.57. The van der Waals surface area contributed by atoms with Crippen LogP contribution in [0.1, 0.15) is 42.1 Å². The smallest absolute Gasteiger partial charge is 0.307 e. The summed E-state index contributed by atoms with van der Waals surface area (Å²) in [5.74, 6) is 0.0182. The number of esters is 1. The molecule has 0 unspecified atom stereocenters. The molecule has 0 aliphatic rings. The zero-order chi connectivity index (χ0) is 14.4. The van der Waals surface area contributed by atoms with Gasteiger partial charge in [0.1, 0.15) is 11.3 Å². The van der Waals surface area contributed by atoms with E-state index in [4.69, 9.17) is 9.26 Å². The zero-order valence-corrected chi connectivity index (χ0v) is 11.9. The van der Waals surface area contributed by atoms with Crippen LogP contribution in [0, 0.1) is 6.92 Å². The average molecular weight is 268 g/mol. The molecule has 0 bridgehead atoms. The molecule has 0 N–H and O–H groups in total. The summed E-state index contributed by atoms with van der Waals surface area (Å²) < 4.78 is 9.86. The van der Waals surface area contributed by atoms with E-state index >= 15 is 0 Å². The van der Waals surface area contributed by atoms with Gasteiger partial charge < -0.3 is 14.2 Å². The van der Waals surface area contributed by atoms with Crippen molar-refractivity contribution in [2.24, 2.45) is 0 Å². The molecule has 0 saturated heterocycles. The van der Waals surface area contributed by atoms with Crippen LogP contribution in [0.4, 0.5) is 0 Å². The fraction of sp³-hybridized carbons (Fsp3) is 0.615. The molecule has 1 amide bonds. The molecule has 0 aliphatic heterocycles. The lowest BCUT2D eigenvalue weighted by Gasteiger charge is -2.16. The standard InChI is InChI=1S/C13H20N2O4/c1-5-10-12(9(3)19-14-10)13(17)15(4)8-7-11(16)18-6-2/h5-8H2,1-4H3. The molecule has 0 spiro atoms. The molecule has 6 heteroatoms. The summed E-state index contributed by atoms with van der Waals surface area (Å²) >= 11 is 0. The molecule has 0 fully saturated rings. The van der Waals surface area contributed by atoms with Crippen LogP contribution in [0.15, 0.2) is 4.52 Å². The van der Waals surface area contributed by atoms with Crippen LogP contribution >= 0.6 is 0 Å². The Kier molecular flexibility index (Phi) is 5.54. The van der Waals surface area contributed by atoms with Gasteiger partial charge in [0.2, 0.25) is 0 Å². The molecule has 106 valence electrons. The summed E-state index contributed by atoms with van der Waals surface area (Å²) in [6, 6.07) is 0. The zero-order valence-electron chi connectivity index (χ0n) is 11.9. The van der Waals surface area contributed by atoms with Gasteiger partial charge in [-0.15, -0.1) is 0 Å². The Morgan fingerprint density at radius 3 is 2.63 bits per heavy atom. The van der Waals surface area contributed by atoms with Crippen LogP contribution in [0.3, 0.4) is 0 Å². The van der Waals surface area contributed by atoms with E-state index in [-0.39, 0.29) is 18.3 Å². The highest BCUT2D eigenvalue weighted by atomic mass is 16.5. The monoisotopic (exact) mass is 268 g/mol. The van der Waals surface area contributed by atoms with Gasteiger partial charge in [-0.1, -0.05) is 12.1 Å². The van der Waals surface area contributed by atoms with Crippen molar-refractivity contribution >= 4 is 11.9 Å². The molecule has 0 aromatic carbocycles. The van der Waals surface area contributed by atoms with Crippen molar-refractivity contribution in [3.05, 3.63) is 17.0 Å². The highest BCUT2D eigenvalue weighted by molar-refractivity contribution is 5.96. The minimum atomic E-state index is -0.306. The molecule has 6 nitrogen and oxygen atoms in total. The molecule has 1 aromatic heterocycles. The van der Waals surface area contributed by atoms with Crippen LogP contribution in [-0.4, -0.2) is 42.1 Å². The highest BCUT2D eigenvalue weighted by Crippen LogP contribution is 2.16. The Morgan fingerprint density at radius 2 is 2.05 bits per heavy atom. The number of amides is 1. The maximum Gasteiger partial charge on any atom is 0.307 e. The third kappa shape index (κ3) is 3.81. The van der Waals surface area contributed by atoms with E-state index in [2.05, 4.69) is 5.16 Å². The topological polar surface area (TPSA) is 72.6 Å². The van der Waals surface area contributed by atoms with E-state index in [1.165, 1.54) is 4.90 Å². The summed E-state index contributed by atoms with van der Waals surface area (Å²) in [6.45, 7) is 6.03. The summed E-state index contributed by atoms with van der Waals surface area (Å²) in [4.78, 5) is 25.0. The van der Waals surface area contributed by atoms with Crippen LogP contribution in [0.25, 0.3) is 0 Å². The first-order valence-corrected chi connectivity index (χ1v) is 6.37. The number of aromatic nitrogens is 1. The summed E-state index contributed by atoms with van der Waals surface area (Å²) in [7, 11) is 1.65. The van der Waals surface area contributed by atoms with Crippen LogP contribution < -0.4 is 0 Å². The Labute approximate surface area is 112 Å². The van der Waals surface area contributed by atoms with Gasteiger partial charge in [0.25, 0.3) is 5.91 Å². The second-order valence-corrected chi connectivity index (χ2v) is 4.20.